The molecule has 1 N–H and O–H groups in total. The number of amides is 1. The van der Waals surface area contributed by atoms with Crippen LogP contribution in [0.25, 0.3) is 0 Å². The Hall–Kier alpha value is -1.58. The van der Waals surface area contributed by atoms with E-state index in [0.717, 1.165) is 32.1 Å². The van der Waals surface area contributed by atoms with Crippen LogP contribution in [0, 0.1) is 5.82 Å². The Labute approximate surface area is 99.0 Å². The average molecular weight is 235 g/mol. The zero-order valence-corrected chi connectivity index (χ0v) is 9.46. The number of nitrogens with one attached hydrogen (secondary N) is 1. The van der Waals surface area contributed by atoms with Crippen molar-refractivity contribution in [1.82, 2.24) is 0 Å². The van der Waals surface area contributed by atoms with Crippen molar-refractivity contribution in [1.29, 1.82) is 0 Å². The molecule has 1 spiro atoms. The molecule has 3 nitrogen and oxygen atoms in total. The van der Waals surface area contributed by atoms with Crippen molar-refractivity contribution in [3.05, 3.63) is 24.0 Å². The van der Waals surface area contributed by atoms with E-state index in [-0.39, 0.29) is 11.7 Å². The van der Waals surface area contributed by atoms with Crippen LogP contribution >= 0.6 is 0 Å². The van der Waals surface area contributed by atoms with Crippen molar-refractivity contribution in [3.8, 4) is 5.75 Å². The molecule has 4 heteroatoms. The van der Waals surface area contributed by atoms with E-state index in [1.807, 2.05) is 0 Å². The summed E-state index contributed by atoms with van der Waals surface area (Å²) in [5, 5.41) is 2.82. The van der Waals surface area contributed by atoms with Gasteiger partial charge in [-0.2, -0.15) is 0 Å². The normalized spacial score (nSPS) is 21.6. The van der Waals surface area contributed by atoms with Crippen LogP contribution in [0.1, 0.15) is 32.1 Å². The highest BCUT2D eigenvalue weighted by Gasteiger charge is 2.45. The Morgan fingerprint density at radius 3 is 2.76 bits per heavy atom. The molecule has 1 heterocycles. The Balaban J connectivity index is 1.98. The molecule has 90 valence electrons. The molecule has 3 rings (SSSR count). The first kappa shape index (κ1) is 10.6. The zero-order valence-electron chi connectivity index (χ0n) is 9.46. The fourth-order valence-corrected chi connectivity index (χ4v) is 2.63. The van der Waals surface area contributed by atoms with Gasteiger partial charge < -0.3 is 10.1 Å². The second-order valence-corrected chi connectivity index (χ2v) is 4.75. The lowest BCUT2D eigenvalue weighted by Crippen LogP contribution is -2.52. The SMILES string of the molecule is O=C1Nc2ccc(F)cc2OC12CCCCC2. The number of halogens is 1. The largest absolute Gasteiger partial charge is 0.475 e. The van der Waals surface area contributed by atoms with E-state index in [2.05, 4.69) is 5.32 Å². The molecule has 1 aromatic rings. The van der Waals surface area contributed by atoms with Gasteiger partial charge in [-0.15, -0.1) is 0 Å². The van der Waals surface area contributed by atoms with Crippen LogP contribution < -0.4 is 10.1 Å². The molecule has 0 bridgehead atoms. The van der Waals surface area contributed by atoms with Gasteiger partial charge in [-0.3, -0.25) is 4.79 Å². The molecule has 1 saturated carbocycles. The molecule has 1 amide bonds. The van der Waals surface area contributed by atoms with Crippen molar-refractivity contribution in [2.45, 2.75) is 37.7 Å². The summed E-state index contributed by atoms with van der Waals surface area (Å²) < 4.78 is 19.0. The molecule has 0 aromatic heterocycles. The summed E-state index contributed by atoms with van der Waals surface area (Å²) in [6, 6.07) is 4.20. The first-order valence-corrected chi connectivity index (χ1v) is 6.00. The third-order valence-electron chi connectivity index (χ3n) is 3.57. The molecule has 17 heavy (non-hydrogen) atoms. The van der Waals surface area contributed by atoms with E-state index in [4.69, 9.17) is 4.74 Å². The summed E-state index contributed by atoms with van der Waals surface area (Å²) in [5.41, 5.74) is -0.202. The predicted molar refractivity (Wildman–Crippen MR) is 61.5 cm³/mol. The van der Waals surface area contributed by atoms with Crippen molar-refractivity contribution in [2.75, 3.05) is 5.32 Å². The minimum Gasteiger partial charge on any atom is -0.475 e. The summed E-state index contributed by atoms with van der Waals surface area (Å²) in [6.45, 7) is 0. The van der Waals surface area contributed by atoms with Gasteiger partial charge in [-0.25, -0.2) is 4.39 Å². The van der Waals surface area contributed by atoms with Crippen molar-refractivity contribution in [3.63, 3.8) is 0 Å². The van der Waals surface area contributed by atoms with Gasteiger partial charge in [0.2, 0.25) is 0 Å². The summed E-state index contributed by atoms with van der Waals surface area (Å²) in [6.07, 6.45) is 4.54. The van der Waals surface area contributed by atoms with Crippen LogP contribution in [0.2, 0.25) is 0 Å². The molecule has 0 saturated heterocycles. The molecular weight excluding hydrogens is 221 g/mol. The molecule has 2 aliphatic rings. The average Bonchev–Trinajstić information content (AvgIpc) is 2.32. The maximum atomic E-state index is 13.2. The van der Waals surface area contributed by atoms with E-state index in [1.165, 1.54) is 18.2 Å². The van der Waals surface area contributed by atoms with Gasteiger partial charge in [0, 0.05) is 6.07 Å². The van der Waals surface area contributed by atoms with Gasteiger partial charge in [-0.1, -0.05) is 6.42 Å². The number of benzene rings is 1. The molecule has 1 fully saturated rings. The lowest BCUT2D eigenvalue weighted by atomic mass is 9.83. The number of rotatable bonds is 0. The highest BCUT2D eigenvalue weighted by atomic mass is 19.1. The number of hydrogen-bond donors (Lipinski definition) is 1. The number of ether oxygens (including phenoxy) is 1. The smallest absolute Gasteiger partial charge is 0.268 e. The third kappa shape index (κ3) is 1.68. The monoisotopic (exact) mass is 235 g/mol. The second kappa shape index (κ2) is 3.72. The van der Waals surface area contributed by atoms with Crippen molar-refractivity contribution in [2.24, 2.45) is 0 Å². The van der Waals surface area contributed by atoms with E-state index < -0.39 is 5.60 Å². The second-order valence-electron chi connectivity index (χ2n) is 4.75. The lowest BCUT2D eigenvalue weighted by molar-refractivity contribution is -0.135. The van der Waals surface area contributed by atoms with Crippen LogP contribution in [0.5, 0.6) is 5.75 Å². The van der Waals surface area contributed by atoms with Crippen LogP contribution in [-0.4, -0.2) is 11.5 Å². The highest BCUT2D eigenvalue weighted by molar-refractivity contribution is 6.00. The first-order chi connectivity index (χ1) is 8.20. The number of anilines is 1. The van der Waals surface area contributed by atoms with Crippen molar-refractivity contribution < 1.29 is 13.9 Å². The molecule has 1 aliphatic carbocycles. The topological polar surface area (TPSA) is 38.3 Å². The Bertz CT molecular complexity index is 466. The number of hydrogen-bond acceptors (Lipinski definition) is 2. The number of carbonyl (C=O) groups is 1. The first-order valence-electron chi connectivity index (χ1n) is 6.00. The Kier molecular flexibility index (Phi) is 2.31. The Morgan fingerprint density at radius 2 is 2.00 bits per heavy atom. The van der Waals surface area contributed by atoms with E-state index >= 15 is 0 Å². The minimum atomic E-state index is -0.765. The van der Waals surface area contributed by atoms with Gasteiger partial charge in [0.25, 0.3) is 5.91 Å². The minimum absolute atomic E-state index is 0.0868. The van der Waals surface area contributed by atoms with E-state index in [1.54, 1.807) is 0 Å². The maximum absolute atomic E-state index is 13.2. The van der Waals surface area contributed by atoms with E-state index in [0.29, 0.717) is 11.4 Å². The van der Waals surface area contributed by atoms with Gasteiger partial charge in [0.05, 0.1) is 5.69 Å². The summed E-state index contributed by atoms with van der Waals surface area (Å²) >= 11 is 0. The summed E-state index contributed by atoms with van der Waals surface area (Å²) in [7, 11) is 0. The fraction of sp³-hybridized carbons (Fsp3) is 0.462. The molecule has 1 aliphatic heterocycles. The maximum Gasteiger partial charge on any atom is 0.268 e. The van der Waals surface area contributed by atoms with E-state index in [9.17, 15) is 9.18 Å². The van der Waals surface area contributed by atoms with Crippen LogP contribution in [0.3, 0.4) is 0 Å². The van der Waals surface area contributed by atoms with Gasteiger partial charge in [0.15, 0.2) is 5.60 Å². The van der Waals surface area contributed by atoms with Gasteiger partial charge in [-0.05, 0) is 37.8 Å². The van der Waals surface area contributed by atoms with Crippen LogP contribution in [0.4, 0.5) is 10.1 Å². The molecule has 0 unspecified atom stereocenters. The third-order valence-corrected chi connectivity index (χ3v) is 3.57. The molecule has 0 atom stereocenters. The molecule has 0 radical (unpaired) electrons. The van der Waals surface area contributed by atoms with Crippen LogP contribution in [-0.2, 0) is 4.79 Å². The van der Waals surface area contributed by atoms with Gasteiger partial charge in [0.1, 0.15) is 11.6 Å². The quantitative estimate of drug-likeness (QED) is 0.750. The number of carbonyl (C=O) groups excluding carboxylic acids is 1. The van der Waals surface area contributed by atoms with Crippen molar-refractivity contribution >= 4 is 11.6 Å². The zero-order chi connectivity index (χ0) is 11.9. The standard InChI is InChI=1S/C13H14FNO2/c14-9-4-5-10-11(8-9)17-13(12(16)15-10)6-2-1-3-7-13/h4-5,8H,1-3,6-7H2,(H,15,16). The molecular formula is C13H14FNO2. The number of fused-ring (bicyclic) bond motifs is 1. The lowest BCUT2D eigenvalue weighted by Gasteiger charge is -2.39. The van der Waals surface area contributed by atoms with Gasteiger partial charge >= 0.3 is 0 Å². The Morgan fingerprint density at radius 1 is 1.24 bits per heavy atom. The molecule has 1 aromatic carbocycles. The predicted octanol–water partition coefficient (Wildman–Crippen LogP) is 2.86. The highest BCUT2D eigenvalue weighted by Crippen LogP contribution is 2.40. The fourth-order valence-electron chi connectivity index (χ4n) is 2.63. The summed E-state index contributed by atoms with van der Waals surface area (Å²) in [4.78, 5) is 12.1. The summed E-state index contributed by atoms with van der Waals surface area (Å²) in [5.74, 6) is 0.0219. The van der Waals surface area contributed by atoms with Crippen LogP contribution in [0.15, 0.2) is 18.2 Å².